The van der Waals surface area contributed by atoms with Gasteiger partial charge in [0.2, 0.25) is 5.95 Å². The molecule has 0 saturated heterocycles. The molecule has 4 aromatic heterocycles. The average molecular weight is 745 g/mol. The second-order valence-corrected chi connectivity index (χ2v) is 15.6. The number of hydrogen-bond acceptors (Lipinski definition) is 3. The van der Waals surface area contributed by atoms with E-state index < -0.39 is 0 Å². The molecular weight excluding hydrogens is 713 g/mol. The van der Waals surface area contributed by atoms with Gasteiger partial charge in [-0.1, -0.05) is 146 Å². The molecule has 4 nitrogen and oxygen atoms in total. The minimum absolute atomic E-state index is 0.646. The first-order valence-corrected chi connectivity index (χ1v) is 20.1. The lowest BCUT2D eigenvalue weighted by Crippen LogP contribution is -2.04. The van der Waals surface area contributed by atoms with Crippen molar-refractivity contribution in [2.45, 2.75) is 0 Å². The van der Waals surface area contributed by atoms with Crippen LogP contribution >= 0.6 is 11.3 Å². The van der Waals surface area contributed by atoms with Crippen LogP contribution in [-0.2, 0) is 0 Å². The predicted molar refractivity (Wildman–Crippen MR) is 240 cm³/mol. The van der Waals surface area contributed by atoms with Crippen molar-refractivity contribution in [3.05, 3.63) is 194 Å². The molecule has 0 amide bonds. The maximum Gasteiger partial charge on any atom is 0.235 e. The van der Waals surface area contributed by atoms with Crippen LogP contribution in [0, 0.1) is 0 Å². The molecule has 8 aromatic carbocycles. The van der Waals surface area contributed by atoms with Crippen molar-refractivity contribution in [2.75, 3.05) is 0 Å². The highest BCUT2D eigenvalue weighted by Gasteiger charge is 2.21. The second-order valence-electron chi connectivity index (χ2n) is 14.6. The predicted octanol–water partition coefficient (Wildman–Crippen LogP) is 14.0. The number of thiophene rings is 1. The molecule has 0 aliphatic carbocycles. The minimum atomic E-state index is 0.646. The summed E-state index contributed by atoms with van der Waals surface area (Å²) < 4.78 is 7.31. The summed E-state index contributed by atoms with van der Waals surface area (Å²) >= 11 is 1.87. The quantitative estimate of drug-likeness (QED) is 0.176. The van der Waals surface area contributed by atoms with Gasteiger partial charge in [0.15, 0.2) is 0 Å². The molecule has 0 saturated carbocycles. The summed E-state index contributed by atoms with van der Waals surface area (Å²) in [5.74, 6) is 0.646. The summed E-state index contributed by atoms with van der Waals surface area (Å²) in [5.41, 5.74) is 12.0. The Morgan fingerprint density at radius 1 is 0.368 bits per heavy atom. The normalized spacial score (nSPS) is 11.9. The summed E-state index contributed by atoms with van der Waals surface area (Å²) in [7, 11) is 0. The minimum Gasteiger partial charge on any atom is -0.308 e. The topological polar surface area (TPSA) is 35.6 Å². The molecule has 0 spiro atoms. The maximum absolute atomic E-state index is 5.27. The second kappa shape index (κ2) is 12.6. The monoisotopic (exact) mass is 744 g/mol. The summed E-state index contributed by atoms with van der Waals surface area (Å²) in [6, 6.07) is 69.4. The van der Waals surface area contributed by atoms with Gasteiger partial charge in [-0.25, -0.2) is 9.97 Å². The SMILES string of the molecule is c1ccc(-c2cc(-c3ccccc3)nc(-n3c4ccccc4c4c(-c5ccc6c(c5)c5ccccc5n6-c5cccc6c5sc5ccccc56)cccc43)n2)cc1. The average Bonchev–Trinajstić information content (AvgIpc) is 3.95. The van der Waals surface area contributed by atoms with E-state index in [4.69, 9.17) is 9.97 Å². The lowest BCUT2D eigenvalue weighted by Gasteiger charge is -2.12. The lowest BCUT2D eigenvalue weighted by molar-refractivity contribution is 0.995. The zero-order chi connectivity index (χ0) is 37.5. The van der Waals surface area contributed by atoms with Crippen molar-refractivity contribution in [2.24, 2.45) is 0 Å². The van der Waals surface area contributed by atoms with Crippen LogP contribution in [-0.4, -0.2) is 19.1 Å². The van der Waals surface area contributed by atoms with Crippen molar-refractivity contribution in [3.63, 3.8) is 0 Å². The largest absolute Gasteiger partial charge is 0.308 e. The van der Waals surface area contributed by atoms with Crippen molar-refractivity contribution >= 4 is 75.1 Å². The molecule has 0 unspecified atom stereocenters. The highest BCUT2D eigenvalue weighted by atomic mass is 32.1. The molecule has 12 aromatic rings. The zero-order valence-electron chi connectivity index (χ0n) is 30.7. The first-order valence-electron chi connectivity index (χ1n) is 19.3. The number of fused-ring (bicyclic) bond motifs is 9. The van der Waals surface area contributed by atoms with E-state index in [1.54, 1.807) is 0 Å². The van der Waals surface area contributed by atoms with Crippen molar-refractivity contribution in [1.29, 1.82) is 0 Å². The molecule has 0 fully saturated rings. The van der Waals surface area contributed by atoms with Crippen LogP contribution in [0.1, 0.15) is 0 Å². The third-order valence-corrected chi connectivity index (χ3v) is 12.6. The fourth-order valence-corrected chi connectivity index (χ4v) is 10.0. The van der Waals surface area contributed by atoms with E-state index >= 15 is 0 Å². The molecular formula is C52H32N4S. The van der Waals surface area contributed by atoms with Crippen LogP contribution in [0.25, 0.3) is 109 Å². The molecule has 57 heavy (non-hydrogen) atoms. The summed E-state index contributed by atoms with van der Waals surface area (Å²) in [5, 5.41) is 7.42. The van der Waals surface area contributed by atoms with Gasteiger partial charge in [-0.15, -0.1) is 11.3 Å². The van der Waals surface area contributed by atoms with E-state index in [1.165, 1.54) is 64.2 Å². The Bertz CT molecular complexity index is 3460. The van der Waals surface area contributed by atoms with E-state index in [0.717, 1.165) is 38.9 Å². The molecule has 266 valence electrons. The van der Waals surface area contributed by atoms with Crippen LogP contribution in [0.5, 0.6) is 0 Å². The van der Waals surface area contributed by atoms with Gasteiger partial charge in [-0.2, -0.15) is 0 Å². The first-order chi connectivity index (χ1) is 28.3. The standard InChI is InChI=1S/C52H32N4S/c1-3-15-33(16-4-1)42-32-43(34-17-5-2-6-18-34)54-52(53-42)56-45-25-11-8-21-40(45)50-36(22-13-26-47(50)56)35-29-30-46-41(31-35)37-19-7-10-24-44(37)55(46)48-27-14-23-39-38-20-9-12-28-49(38)57-51(39)48/h1-32H. The van der Waals surface area contributed by atoms with E-state index in [-0.39, 0.29) is 0 Å². The van der Waals surface area contributed by atoms with Crippen LogP contribution in [0.3, 0.4) is 0 Å². The highest BCUT2D eigenvalue weighted by Crippen LogP contribution is 2.43. The lowest BCUT2D eigenvalue weighted by atomic mass is 9.98. The van der Waals surface area contributed by atoms with Gasteiger partial charge in [0.05, 0.1) is 43.8 Å². The number of para-hydroxylation sites is 2. The van der Waals surface area contributed by atoms with E-state index in [1.807, 2.05) is 23.5 Å². The Labute approximate surface area is 332 Å². The molecule has 0 aliphatic rings. The molecule has 12 rings (SSSR count). The van der Waals surface area contributed by atoms with E-state index in [9.17, 15) is 0 Å². The number of nitrogens with zero attached hydrogens (tertiary/aromatic N) is 4. The Kier molecular flexibility index (Phi) is 7.06. The van der Waals surface area contributed by atoms with Gasteiger partial charge >= 0.3 is 0 Å². The number of benzene rings is 8. The highest BCUT2D eigenvalue weighted by molar-refractivity contribution is 7.26. The molecule has 0 aliphatic heterocycles. The smallest absolute Gasteiger partial charge is 0.235 e. The van der Waals surface area contributed by atoms with Gasteiger partial charge in [0, 0.05) is 48.1 Å². The first kappa shape index (κ1) is 32.0. The fourth-order valence-electron chi connectivity index (χ4n) is 8.83. The molecule has 5 heteroatoms. The Morgan fingerprint density at radius 3 is 1.70 bits per heavy atom. The summed E-state index contributed by atoms with van der Waals surface area (Å²) in [6.45, 7) is 0. The van der Waals surface area contributed by atoms with Crippen LogP contribution in [0.2, 0.25) is 0 Å². The third kappa shape index (κ3) is 4.93. The van der Waals surface area contributed by atoms with E-state index in [0.29, 0.717) is 5.95 Å². The molecule has 4 heterocycles. The third-order valence-electron chi connectivity index (χ3n) is 11.4. The van der Waals surface area contributed by atoms with Gasteiger partial charge in [-0.3, -0.25) is 4.57 Å². The molecule has 0 atom stereocenters. The zero-order valence-corrected chi connectivity index (χ0v) is 31.5. The number of hydrogen-bond donors (Lipinski definition) is 0. The van der Waals surface area contributed by atoms with Gasteiger partial charge < -0.3 is 4.57 Å². The van der Waals surface area contributed by atoms with Crippen LogP contribution in [0.4, 0.5) is 0 Å². The van der Waals surface area contributed by atoms with Gasteiger partial charge in [-0.05, 0) is 59.7 Å². The van der Waals surface area contributed by atoms with Crippen LogP contribution in [0.15, 0.2) is 194 Å². The van der Waals surface area contributed by atoms with Gasteiger partial charge in [0.1, 0.15) is 0 Å². The molecule has 0 bridgehead atoms. The maximum atomic E-state index is 5.27. The van der Waals surface area contributed by atoms with Crippen molar-refractivity contribution in [1.82, 2.24) is 19.1 Å². The Morgan fingerprint density at radius 2 is 0.947 bits per heavy atom. The fraction of sp³-hybridized carbons (Fsp3) is 0. The Hall–Kier alpha value is -7.34. The van der Waals surface area contributed by atoms with Crippen molar-refractivity contribution < 1.29 is 0 Å². The van der Waals surface area contributed by atoms with Gasteiger partial charge in [0.25, 0.3) is 0 Å². The Balaban J connectivity index is 1.09. The number of aromatic nitrogens is 4. The van der Waals surface area contributed by atoms with Crippen molar-refractivity contribution in [3.8, 4) is 45.3 Å². The summed E-state index contributed by atoms with van der Waals surface area (Å²) in [4.78, 5) is 10.5. The molecule has 0 radical (unpaired) electrons. The number of rotatable bonds is 5. The van der Waals surface area contributed by atoms with Crippen LogP contribution < -0.4 is 0 Å². The summed E-state index contributed by atoms with van der Waals surface area (Å²) in [6.07, 6.45) is 0. The molecule has 0 N–H and O–H groups in total. The van der Waals surface area contributed by atoms with E-state index in [2.05, 4.69) is 191 Å².